The fourth-order valence-corrected chi connectivity index (χ4v) is 1.43. The molecule has 2 N–H and O–H groups in total. The van der Waals surface area contributed by atoms with E-state index in [1.54, 1.807) is 12.2 Å². The van der Waals surface area contributed by atoms with Gasteiger partial charge < -0.3 is 10.2 Å². The Balaban J connectivity index is 2.33. The van der Waals surface area contributed by atoms with Crippen LogP contribution in [0.1, 0.15) is 20.8 Å². The second-order valence-electron chi connectivity index (χ2n) is 4.68. The van der Waals surface area contributed by atoms with Gasteiger partial charge >= 0.3 is 0 Å². The lowest BCUT2D eigenvalue weighted by molar-refractivity contribution is 0.0775. The minimum absolute atomic E-state index is 0.0422. The van der Waals surface area contributed by atoms with E-state index >= 15 is 0 Å². The van der Waals surface area contributed by atoms with Crippen molar-refractivity contribution in [2.75, 3.05) is 0 Å². The molecule has 2 atom stereocenters. The molecular formula is C10H14O3. The summed E-state index contributed by atoms with van der Waals surface area (Å²) in [7, 11) is 0. The van der Waals surface area contributed by atoms with Gasteiger partial charge in [-0.2, -0.15) is 0 Å². The minimum atomic E-state index is -1.48. The highest BCUT2D eigenvalue weighted by molar-refractivity contribution is 5.40. The molecular weight excluding hydrogens is 168 g/mol. The lowest BCUT2D eigenvalue weighted by Gasteiger charge is -2.23. The SMILES string of the molecule is CC(C)(C)C1=CC2(O)OC2(O)C=C1. The van der Waals surface area contributed by atoms with Crippen molar-refractivity contribution in [3.8, 4) is 0 Å². The number of aliphatic hydroxyl groups is 2. The van der Waals surface area contributed by atoms with Gasteiger partial charge in [0.25, 0.3) is 0 Å². The molecule has 72 valence electrons. The third kappa shape index (κ3) is 1.15. The Morgan fingerprint density at radius 2 is 1.85 bits per heavy atom. The lowest BCUT2D eigenvalue weighted by Crippen LogP contribution is -2.26. The number of epoxide rings is 1. The van der Waals surface area contributed by atoms with Crippen LogP contribution in [0.5, 0.6) is 0 Å². The Hall–Kier alpha value is -0.640. The zero-order chi connectivity index (χ0) is 9.91. The van der Waals surface area contributed by atoms with Crippen LogP contribution in [0.3, 0.4) is 0 Å². The Morgan fingerprint density at radius 1 is 1.23 bits per heavy atom. The van der Waals surface area contributed by atoms with Crippen LogP contribution in [0.2, 0.25) is 0 Å². The quantitative estimate of drug-likeness (QED) is 0.548. The number of hydrogen-bond donors (Lipinski definition) is 2. The average molecular weight is 182 g/mol. The van der Waals surface area contributed by atoms with Crippen LogP contribution < -0.4 is 0 Å². The summed E-state index contributed by atoms with van der Waals surface area (Å²) >= 11 is 0. The van der Waals surface area contributed by atoms with E-state index in [1.807, 2.05) is 20.8 Å². The van der Waals surface area contributed by atoms with E-state index in [-0.39, 0.29) is 5.41 Å². The van der Waals surface area contributed by atoms with Crippen molar-refractivity contribution in [3.63, 3.8) is 0 Å². The van der Waals surface area contributed by atoms with E-state index in [4.69, 9.17) is 4.74 Å². The topological polar surface area (TPSA) is 53.0 Å². The summed E-state index contributed by atoms with van der Waals surface area (Å²) in [6.45, 7) is 6.12. The van der Waals surface area contributed by atoms with Crippen LogP contribution in [-0.2, 0) is 4.74 Å². The first-order valence-electron chi connectivity index (χ1n) is 4.34. The van der Waals surface area contributed by atoms with Gasteiger partial charge in [-0.05, 0) is 23.1 Å². The fraction of sp³-hybridized carbons (Fsp3) is 0.600. The summed E-state index contributed by atoms with van der Waals surface area (Å²) in [6.07, 6.45) is 4.86. The van der Waals surface area contributed by atoms with Crippen molar-refractivity contribution in [1.29, 1.82) is 0 Å². The van der Waals surface area contributed by atoms with Crippen molar-refractivity contribution < 1.29 is 14.9 Å². The Bertz CT molecular complexity index is 311. The molecule has 0 aromatic heterocycles. The monoisotopic (exact) mass is 182 g/mol. The van der Waals surface area contributed by atoms with E-state index in [1.165, 1.54) is 6.08 Å². The van der Waals surface area contributed by atoms with Gasteiger partial charge in [-0.3, -0.25) is 4.74 Å². The normalized spacial score (nSPS) is 42.7. The minimum Gasteiger partial charge on any atom is -0.358 e. The highest BCUT2D eigenvalue weighted by Gasteiger charge is 2.68. The first-order chi connectivity index (χ1) is 5.77. The van der Waals surface area contributed by atoms with Gasteiger partial charge in [-0.15, -0.1) is 0 Å². The van der Waals surface area contributed by atoms with E-state index < -0.39 is 11.6 Å². The molecule has 2 aliphatic rings. The van der Waals surface area contributed by atoms with Crippen LogP contribution in [0, 0.1) is 5.41 Å². The van der Waals surface area contributed by atoms with Crippen molar-refractivity contribution >= 4 is 0 Å². The molecule has 1 aliphatic carbocycles. The largest absolute Gasteiger partial charge is 0.358 e. The summed E-state index contributed by atoms with van der Waals surface area (Å²) in [4.78, 5) is 0. The van der Waals surface area contributed by atoms with E-state index in [0.717, 1.165) is 5.57 Å². The van der Waals surface area contributed by atoms with Crippen molar-refractivity contribution in [2.24, 2.45) is 5.41 Å². The number of hydrogen-bond acceptors (Lipinski definition) is 3. The number of allylic oxidation sites excluding steroid dienone is 2. The summed E-state index contributed by atoms with van der Waals surface area (Å²) in [6, 6.07) is 0. The maximum absolute atomic E-state index is 9.64. The zero-order valence-electron chi connectivity index (χ0n) is 8.03. The highest BCUT2D eigenvalue weighted by atomic mass is 16.8. The maximum Gasteiger partial charge on any atom is 0.249 e. The average Bonchev–Trinajstić information content (AvgIpc) is 2.49. The second-order valence-corrected chi connectivity index (χ2v) is 4.68. The molecule has 0 aromatic carbocycles. The summed E-state index contributed by atoms with van der Waals surface area (Å²) < 4.78 is 4.83. The molecule has 3 heteroatoms. The first kappa shape index (κ1) is 8.94. The summed E-state index contributed by atoms with van der Waals surface area (Å²) in [5.41, 5.74) is 0.927. The predicted molar refractivity (Wildman–Crippen MR) is 47.7 cm³/mol. The number of ether oxygens (including phenoxy) is 1. The molecule has 0 aromatic rings. The Labute approximate surface area is 77.3 Å². The zero-order valence-corrected chi connectivity index (χ0v) is 8.03. The van der Waals surface area contributed by atoms with Crippen LogP contribution in [0.25, 0.3) is 0 Å². The van der Waals surface area contributed by atoms with Gasteiger partial charge in [0, 0.05) is 0 Å². The molecule has 1 fully saturated rings. The van der Waals surface area contributed by atoms with Crippen LogP contribution >= 0.6 is 0 Å². The van der Waals surface area contributed by atoms with Crippen molar-refractivity contribution in [3.05, 3.63) is 23.8 Å². The molecule has 2 rings (SSSR count). The van der Waals surface area contributed by atoms with E-state index in [0.29, 0.717) is 0 Å². The number of fused-ring (bicyclic) bond motifs is 1. The molecule has 13 heavy (non-hydrogen) atoms. The predicted octanol–water partition coefficient (Wildman–Crippen LogP) is 0.936. The molecule has 1 heterocycles. The van der Waals surface area contributed by atoms with Crippen LogP contribution in [-0.4, -0.2) is 21.8 Å². The van der Waals surface area contributed by atoms with Gasteiger partial charge in [-0.25, -0.2) is 0 Å². The van der Waals surface area contributed by atoms with Gasteiger partial charge in [0.15, 0.2) is 0 Å². The molecule has 0 spiro atoms. The van der Waals surface area contributed by atoms with E-state index in [9.17, 15) is 10.2 Å². The summed E-state index contributed by atoms with van der Waals surface area (Å²) in [5, 5.41) is 19.1. The Kier molecular flexibility index (Phi) is 1.41. The molecule has 3 nitrogen and oxygen atoms in total. The molecule has 2 unspecified atom stereocenters. The lowest BCUT2D eigenvalue weighted by atomic mass is 9.82. The van der Waals surface area contributed by atoms with Gasteiger partial charge in [0.2, 0.25) is 11.6 Å². The van der Waals surface area contributed by atoms with Crippen molar-refractivity contribution in [2.45, 2.75) is 32.3 Å². The van der Waals surface area contributed by atoms with Crippen molar-refractivity contribution in [1.82, 2.24) is 0 Å². The van der Waals surface area contributed by atoms with Crippen LogP contribution in [0.15, 0.2) is 23.8 Å². The third-order valence-corrected chi connectivity index (χ3v) is 2.49. The Morgan fingerprint density at radius 3 is 2.31 bits per heavy atom. The molecule has 0 amide bonds. The molecule has 0 radical (unpaired) electrons. The summed E-state index contributed by atoms with van der Waals surface area (Å²) in [5.74, 6) is -2.95. The molecule has 1 saturated heterocycles. The third-order valence-electron chi connectivity index (χ3n) is 2.49. The molecule has 0 bridgehead atoms. The fourth-order valence-electron chi connectivity index (χ4n) is 1.43. The van der Waals surface area contributed by atoms with Gasteiger partial charge in [-0.1, -0.05) is 26.8 Å². The smallest absolute Gasteiger partial charge is 0.249 e. The van der Waals surface area contributed by atoms with Crippen LogP contribution in [0.4, 0.5) is 0 Å². The second kappa shape index (κ2) is 2.05. The standard InChI is InChI=1S/C10H14O3/c1-8(2,3)7-4-5-9(11)10(12,6-7)13-9/h4-6,11-12H,1-3H3. The molecule has 1 aliphatic heterocycles. The number of rotatable bonds is 0. The first-order valence-corrected chi connectivity index (χ1v) is 4.34. The highest BCUT2D eigenvalue weighted by Crippen LogP contribution is 2.50. The maximum atomic E-state index is 9.64. The van der Waals surface area contributed by atoms with E-state index in [2.05, 4.69) is 0 Å². The van der Waals surface area contributed by atoms with Gasteiger partial charge in [0.1, 0.15) is 0 Å². The molecule has 0 saturated carbocycles. The van der Waals surface area contributed by atoms with Gasteiger partial charge in [0.05, 0.1) is 0 Å².